The van der Waals surface area contributed by atoms with E-state index in [2.05, 4.69) is 5.32 Å². The highest BCUT2D eigenvalue weighted by Crippen LogP contribution is 2.28. The molecule has 10 atom stereocenters. The largest absolute Gasteiger partial charge is 0.394 e. The Kier molecular flexibility index (Phi) is 8.12. The van der Waals surface area contributed by atoms with Crippen LogP contribution in [0.5, 0.6) is 0 Å². The first-order valence-electron chi connectivity index (χ1n) is 9.73. The van der Waals surface area contributed by atoms with Gasteiger partial charge in [-0.25, -0.2) is 0 Å². The number of aliphatic hydroxyl groups excluding tert-OH is 7. The molecule has 1 aromatic rings. The van der Waals surface area contributed by atoms with Crippen molar-refractivity contribution in [1.29, 1.82) is 0 Å². The van der Waals surface area contributed by atoms with E-state index in [1.807, 2.05) is 30.3 Å². The number of ether oxygens (including phenoxy) is 3. The molecule has 2 saturated heterocycles. The predicted molar refractivity (Wildman–Crippen MR) is 99.7 cm³/mol. The van der Waals surface area contributed by atoms with Crippen LogP contribution in [0.15, 0.2) is 30.3 Å². The molecule has 3 rings (SSSR count). The molecule has 11 heteroatoms. The highest BCUT2D eigenvalue weighted by atomic mass is 16.7. The zero-order valence-electron chi connectivity index (χ0n) is 16.1. The Labute approximate surface area is 173 Å². The quantitative estimate of drug-likeness (QED) is 0.214. The van der Waals surface area contributed by atoms with E-state index in [1.54, 1.807) is 0 Å². The molecule has 1 unspecified atom stereocenters. The number of nitrogens with one attached hydrogen (secondary N) is 1. The molecular weight excluding hydrogens is 402 g/mol. The van der Waals surface area contributed by atoms with Crippen molar-refractivity contribution in [3.8, 4) is 0 Å². The van der Waals surface area contributed by atoms with Crippen LogP contribution in [0, 0.1) is 0 Å². The van der Waals surface area contributed by atoms with E-state index in [1.165, 1.54) is 0 Å². The molecule has 30 heavy (non-hydrogen) atoms. The van der Waals surface area contributed by atoms with Crippen LogP contribution in [0.2, 0.25) is 0 Å². The lowest BCUT2D eigenvalue weighted by atomic mass is 9.95. The first-order valence-corrected chi connectivity index (χ1v) is 9.73. The molecule has 2 aliphatic rings. The van der Waals surface area contributed by atoms with Gasteiger partial charge < -0.3 is 55.3 Å². The topological polar surface area (TPSA) is 181 Å². The molecule has 0 radical (unpaired) electrons. The molecule has 0 aliphatic carbocycles. The van der Waals surface area contributed by atoms with Crippen molar-refractivity contribution >= 4 is 0 Å². The van der Waals surface area contributed by atoms with Crippen molar-refractivity contribution in [3.63, 3.8) is 0 Å². The summed E-state index contributed by atoms with van der Waals surface area (Å²) in [5.74, 6) is 0. The Bertz CT molecular complexity index is 649. The van der Waals surface area contributed by atoms with Gasteiger partial charge in [-0.2, -0.15) is 0 Å². The Balaban J connectivity index is 1.71. The van der Waals surface area contributed by atoms with Crippen molar-refractivity contribution in [1.82, 2.24) is 5.32 Å². The van der Waals surface area contributed by atoms with E-state index in [0.717, 1.165) is 5.56 Å². The van der Waals surface area contributed by atoms with Crippen LogP contribution in [-0.4, -0.2) is 110 Å². The van der Waals surface area contributed by atoms with Gasteiger partial charge in [0.25, 0.3) is 0 Å². The average Bonchev–Trinajstić information content (AvgIpc) is 2.76. The van der Waals surface area contributed by atoms with Gasteiger partial charge in [-0.1, -0.05) is 30.3 Å². The molecule has 2 aliphatic heterocycles. The van der Waals surface area contributed by atoms with E-state index < -0.39 is 74.6 Å². The van der Waals surface area contributed by atoms with Gasteiger partial charge in [0.05, 0.1) is 19.3 Å². The summed E-state index contributed by atoms with van der Waals surface area (Å²) in [6.07, 6.45) is -12.9. The summed E-state index contributed by atoms with van der Waals surface area (Å²) in [6.45, 7) is -0.945. The third-order valence-electron chi connectivity index (χ3n) is 5.40. The maximum Gasteiger partial charge on any atom is 0.187 e. The Morgan fingerprint density at radius 3 is 2.10 bits per heavy atom. The molecule has 0 bridgehead atoms. The fourth-order valence-electron chi connectivity index (χ4n) is 3.64. The monoisotopic (exact) mass is 431 g/mol. The summed E-state index contributed by atoms with van der Waals surface area (Å²) in [4.78, 5) is 0. The van der Waals surface area contributed by atoms with Gasteiger partial charge >= 0.3 is 0 Å². The summed E-state index contributed by atoms with van der Waals surface area (Å²) in [5, 5.41) is 72.9. The SMILES string of the molecule is OC[C@H]1O[C@@H](O[C@H]2[C@H](O)[C@@H](NCc3ccccc3)C(O)O[C@@H]2CO)[C@H](O)[C@@H](O)[C@H]1O. The van der Waals surface area contributed by atoms with Crippen molar-refractivity contribution in [2.75, 3.05) is 13.2 Å². The minimum Gasteiger partial charge on any atom is -0.394 e. The van der Waals surface area contributed by atoms with Gasteiger partial charge in [-0.3, -0.25) is 0 Å². The van der Waals surface area contributed by atoms with Crippen LogP contribution < -0.4 is 5.32 Å². The fourth-order valence-corrected chi connectivity index (χ4v) is 3.64. The maximum atomic E-state index is 10.8. The van der Waals surface area contributed by atoms with E-state index in [0.29, 0.717) is 6.54 Å². The maximum absolute atomic E-state index is 10.8. The van der Waals surface area contributed by atoms with E-state index in [-0.39, 0.29) is 0 Å². The van der Waals surface area contributed by atoms with Crippen LogP contribution in [0.4, 0.5) is 0 Å². The molecule has 0 spiro atoms. The lowest BCUT2D eigenvalue weighted by Crippen LogP contribution is -2.66. The second-order valence-electron chi connectivity index (χ2n) is 7.43. The highest BCUT2D eigenvalue weighted by Gasteiger charge is 2.50. The van der Waals surface area contributed by atoms with E-state index >= 15 is 0 Å². The molecular formula is C19H29NO10. The second-order valence-corrected chi connectivity index (χ2v) is 7.43. The van der Waals surface area contributed by atoms with Crippen LogP contribution in [0.1, 0.15) is 5.56 Å². The first-order chi connectivity index (χ1) is 14.4. The smallest absolute Gasteiger partial charge is 0.187 e. The van der Waals surface area contributed by atoms with Crippen LogP contribution >= 0.6 is 0 Å². The lowest BCUT2D eigenvalue weighted by Gasteiger charge is -2.46. The second kappa shape index (κ2) is 10.4. The van der Waals surface area contributed by atoms with Crippen LogP contribution in [0.25, 0.3) is 0 Å². The van der Waals surface area contributed by atoms with Crippen molar-refractivity contribution in [3.05, 3.63) is 35.9 Å². The molecule has 0 amide bonds. The minimum absolute atomic E-state index is 0.305. The summed E-state index contributed by atoms with van der Waals surface area (Å²) >= 11 is 0. The van der Waals surface area contributed by atoms with Crippen molar-refractivity contribution in [2.24, 2.45) is 0 Å². The summed E-state index contributed by atoms with van der Waals surface area (Å²) in [6, 6.07) is 8.25. The summed E-state index contributed by atoms with van der Waals surface area (Å²) in [7, 11) is 0. The van der Waals surface area contributed by atoms with Gasteiger partial charge in [-0.15, -0.1) is 0 Å². The molecule has 0 aromatic heterocycles. The number of rotatable bonds is 7. The molecule has 2 heterocycles. The lowest BCUT2D eigenvalue weighted by molar-refractivity contribution is -0.345. The number of hydrogen-bond donors (Lipinski definition) is 8. The number of aliphatic hydroxyl groups is 7. The third kappa shape index (κ3) is 4.98. The fraction of sp³-hybridized carbons (Fsp3) is 0.684. The minimum atomic E-state index is -1.68. The van der Waals surface area contributed by atoms with Crippen molar-refractivity contribution < 1.29 is 50.0 Å². The molecule has 11 nitrogen and oxygen atoms in total. The zero-order valence-corrected chi connectivity index (χ0v) is 16.1. The van der Waals surface area contributed by atoms with Gasteiger partial charge in [-0.05, 0) is 5.56 Å². The molecule has 0 saturated carbocycles. The molecule has 1 aromatic carbocycles. The Morgan fingerprint density at radius 1 is 0.800 bits per heavy atom. The van der Waals surface area contributed by atoms with E-state index in [9.17, 15) is 35.7 Å². The highest BCUT2D eigenvalue weighted by molar-refractivity contribution is 5.14. The average molecular weight is 431 g/mol. The van der Waals surface area contributed by atoms with Gasteiger partial charge in [0, 0.05) is 6.54 Å². The zero-order chi connectivity index (χ0) is 21.8. The summed E-state index contributed by atoms with van der Waals surface area (Å²) in [5.41, 5.74) is 0.896. The molecule has 8 N–H and O–H groups in total. The summed E-state index contributed by atoms with van der Waals surface area (Å²) < 4.78 is 16.3. The van der Waals surface area contributed by atoms with E-state index in [4.69, 9.17) is 14.2 Å². The molecule has 2 fully saturated rings. The Hall–Kier alpha value is -1.22. The number of hydrogen-bond acceptors (Lipinski definition) is 11. The Morgan fingerprint density at radius 2 is 1.47 bits per heavy atom. The van der Waals surface area contributed by atoms with Gasteiger partial charge in [0.2, 0.25) is 0 Å². The van der Waals surface area contributed by atoms with Crippen LogP contribution in [0.3, 0.4) is 0 Å². The van der Waals surface area contributed by atoms with Crippen LogP contribution in [-0.2, 0) is 20.8 Å². The normalized spacial score (nSPS) is 42.2. The van der Waals surface area contributed by atoms with Gasteiger partial charge in [0.15, 0.2) is 12.6 Å². The third-order valence-corrected chi connectivity index (χ3v) is 5.40. The first kappa shape index (κ1) is 23.4. The van der Waals surface area contributed by atoms with Gasteiger partial charge in [0.1, 0.15) is 42.7 Å². The standard InChI is InChI=1S/C19H29NO10/c21-7-10-13(23)15(25)16(26)19(29-10)30-17-11(8-22)28-18(27)12(14(17)24)20-6-9-4-2-1-3-5-9/h1-5,10-27H,6-8H2/t10-,11-,12-,13+,14-,15+,16-,17-,18?,19+/m1/s1. The number of benzene rings is 1. The predicted octanol–water partition coefficient (Wildman–Crippen LogP) is -3.60. The molecule has 170 valence electrons. The van der Waals surface area contributed by atoms with Crippen molar-refractivity contribution in [2.45, 2.75) is 67.9 Å².